The lowest BCUT2D eigenvalue weighted by atomic mass is 9.40. The smallest absolute Gasteiger partial charge is 0.157 e. The number of aromatic nitrogens is 2. The van der Waals surface area contributed by atoms with Crippen LogP contribution in [0.25, 0.3) is 0 Å². The van der Waals surface area contributed by atoms with E-state index in [0.717, 1.165) is 38.5 Å². The quantitative estimate of drug-likeness (QED) is 0.711. The molecule has 0 aliphatic heterocycles. The topological polar surface area (TPSA) is 78.9 Å². The van der Waals surface area contributed by atoms with Gasteiger partial charge in [0.05, 0.1) is 23.9 Å². The Kier molecular flexibility index (Phi) is 4.95. The van der Waals surface area contributed by atoms with Crippen molar-refractivity contribution >= 4 is 5.78 Å². The molecule has 4 aliphatic carbocycles. The number of aliphatic hydroxyl groups is 1. The Morgan fingerprint density at radius 3 is 2.56 bits per heavy atom. The van der Waals surface area contributed by atoms with Crippen LogP contribution in [0.5, 0.6) is 0 Å². The van der Waals surface area contributed by atoms with Crippen molar-refractivity contribution in [2.75, 3.05) is 0 Å². The van der Waals surface area contributed by atoms with Gasteiger partial charge in [-0.25, -0.2) is 0 Å². The van der Waals surface area contributed by atoms with E-state index >= 15 is 0 Å². The predicted octanol–water partition coefficient (Wildman–Crippen LogP) is 5.12. The van der Waals surface area contributed by atoms with Crippen molar-refractivity contribution in [2.24, 2.45) is 39.9 Å². The van der Waals surface area contributed by atoms with Crippen LogP contribution < -0.4 is 0 Å². The summed E-state index contributed by atoms with van der Waals surface area (Å²) in [6, 6.07) is 2.10. The summed E-state index contributed by atoms with van der Waals surface area (Å²) in [7, 11) is 0. The Morgan fingerprint density at radius 2 is 1.84 bits per heavy atom. The fourth-order valence-electron chi connectivity index (χ4n) is 9.47. The van der Waals surface area contributed by atoms with Crippen LogP contribution in [0, 0.1) is 51.2 Å². The fraction of sp³-hybridized carbons (Fsp3) is 0.815. The number of nitriles is 1. The second-order valence-electron chi connectivity index (χ2n) is 12.8. The van der Waals surface area contributed by atoms with E-state index in [-0.39, 0.29) is 23.3 Å². The highest BCUT2D eigenvalue weighted by Crippen LogP contribution is 2.71. The van der Waals surface area contributed by atoms with Crippen LogP contribution in [0.1, 0.15) is 91.0 Å². The minimum atomic E-state index is -0.509. The van der Waals surface area contributed by atoms with Gasteiger partial charge in [-0.3, -0.25) is 9.48 Å². The van der Waals surface area contributed by atoms with Gasteiger partial charge in [-0.2, -0.15) is 10.4 Å². The van der Waals surface area contributed by atoms with Crippen LogP contribution in [-0.2, 0) is 11.3 Å². The van der Waals surface area contributed by atoms with E-state index in [1.165, 1.54) is 19.3 Å². The third-order valence-electron chi connectivity index (χ3n) is 10.8. The molecule has 4 aliphatic rings. The summed E-state index contributed by atoms with van der Waals surface area (Å²) in [5.41, 5.74) is 0.631. The van der Waals surface area contributed by atoms with E-state index in [1.807, 2.05) is 6.92 Å². The van der Waals surface area contributed by atoms with Crippen LogP contribution in [0.3, 0.4) is 0 Å². The molecule has 1 N–H and O–H groups in total. The molecule has 1 aromatic heterocycles. The first-order chi connectivity index (χ1) is 15.0. The van der Waals surface area contributed by atoms with Gasteiger partial charge in [-0.05, 0) is 98.7 Å². The summed E-state index contributed by atoms with van der Waals surface area (Å²) in [4.78, 5) is 13.4. The van der Waals surface area contributed by atoms with E-state index in [2.05, 4.69) is 31.9 Å². The lowest BCUT2D eigenvalue weighted by Crippen LogP contribution is -2.59. The first-order valence-corrected chi connectivity index (χ1v) is 12.7. The Bertz CT molecular complexity index is 960. The molecule has 5 nitrogen and oxygen atoms in total. The van der Waals surface area contributed by atoms with Crippen LogP contribution >= 0.6 is 0 Å². The molecule has 32 heavy (non-hydrogen) atoms. The molecule has 174 valence electrons. The van der Waals surface area contributed by atoms with Crippen molar-refractivity contribution in [3.8, 4) is 6.07 Å². The standard InChI is InChI=1S/C27H39N3O2/c1-24-11-12-27(4)20(19(24)7-9-25(2,32)17-24)8-10-26(3)21(5-6-23(26)27)22(31)16-30-15-18(13-28)14-29-30/h14-15,19-21,23,32H,5-12,16-17H2,1-4H3/t19-,20-,21-,23-,24-,25-,26-,27-/m1/s1. The molecule has 0 unspecified atom stereocenters. The van der Waals surface area contributed by atoms with Crippen molar-refractivity contribution in [1.82, 2.24) is 9.78 Å². The molecule has 0 amide bonds. The van der Waals surface area contributed by atoms with Crippen LogP contribution in [0.4, 0.5) is 0 Å². The molecule has 5 heteroatoms. The van der Waals surface area contributed by atoms with E-state index in [1.54, 1.807) is 17.1 Å². The van der Waals surface area contributed by atoms with Crippen LogP contribution in [0.15, 0.2) is 12.4 Å². The van der Waals surface area contributed by atoms with Crippen LogP contribution in [0.2, 0.25) is 0 Å². The maximum Gasteiger partial charge on any atom is 0.157 e. The average molecular weight is 438 g/mol. The highest BCUT2D eigenvalue weighted by atomic mass is 16.3. The summed E-state index contributed by atoms with van der Waals surface area (Å²) in [6.45, 7) is 9.71. The molecule has 0 bridgehead atoms. The minimum absolute atomic E-state index is 0.0709. The van der Waals surface area contributed by atoms with Crippen molar-refractivity contribution < 1.29 is 9.90 Å². The summed E-state index contributed by atoms with van der Waals surface area (Å²) < 4.78 is 1.64. The second-order valence-corrected chi connectivity index (χ2v) is 12.8. The average Bonchev–Trinajstić information content (AvgIpc) is 3.31. The zero-order chi connectivity index (χ0) is 22.9. The SMILES string of the molecule is C[C@@]1(O)CC[C@@H]2[C@H]3CC[C@@]4(C)[C@@H](CC[C@@H]4C(=O)Cn4cc(C#N)cn4)[C@]3(C)CC[C@]2(C)C1. The number of ketones is 1. The lowest BCUT2D eigenvalue weighted by molar-refractivity contribution is -0.177. The Labute approximate surface area is 192 Å². The first-order valence-electron chi connectivity index (χ1n) is 12.7. The van der Waals surface area contributed by atoms with Crippen LogP contribution in [-0.4, -0.2) is 26.3 Å². The molecule has 4 saturated carbocycles. The fourth-order valence-corrected chi connectivity index (χ4v) is 9.47. The Morgan fingerprint density at radius 1 is 1.09 bits per heavy atom. The molecular weight excluding hydrogens is 398 g/mol. The van der Waals surface area contributed by atoms with E-state index < -0.39 is 5.60 Å². The van der Waals surface area contributed by atoms with Crippen molar-refractivity contribution in [3.63, 3.8) is 0 Å². The molecule has 4 fully saturated rings. The molecule has 0 radical (unpaired) electrons. The third kappa shape index (κ3) is 3.20. The summed E-state index contributed by atoms with van der Waals surface area (Å²) in [6.07, 6.45) is 13.2. The largest absolute Gasteiger partial charge is 0.390 e. The van der Waals surface area contributed by atoms with Gasteiger partial charge in [-0.1, -0.05) is 20.8 Å². The zero-order valence-corrected chi connectivity index (χ0v) is 20.2. The Balaban J connectivity index is 1.37. The maximum atomic E-state index is 13.4. The summed E-state index contributed by atoms with van der Waals surface area (Å²) in [5.74, 6) is 2.41. The normalized spacial score (nSPS) is 47.8. The van der Waals surface area contributed by atoms with Crippen molar-refractivity contribution in [3.05, 3.63) is 18.0 Å². The lowest BCUT2D eigenvalue weighted by Gasteiger charge is -2.65. The maximum absolute atomic E-state index is 13.4. The Hall–Kier alpha value is -1.67. The number of hydrogen-bond acceptors (Lipinski definition) is 4. The summed E-state index contributed by atoms with van der Waals surface area (Å²) >= 11 is 0. The van der Waals surface area contributed by atoms with Crippen molar-refractivity contribution in [1.29, 1.82) is 5.26 Å². The second kappa shape index (κ2) is 7.16. The molecule has 5 rings (SSSR count). The number of carbonyl (C=O) groups is 1. The number of fused-ring (bicyclic) bond motifs is 5. The highest BCUT2D eigenvalue weighted by Gasteiger charge is 2.65. The number of hydrogen-bond donors (Lipinski definition) is 1. The van der Waals surface area contributed by atoms with Gasteiger partial charge in [0.1, 0.15) is 6.07 Å². The monoisotopic (exact) mass is 437 g/mol. The number of rotatable bonds is 3. The van der Waals surface area contributed by atoms with Gasteiger partial charge >= 0.3 is 0 Å². The third-order valence-corrected chi connectivity index (χ3v) is 10.8. The van der Waals surface area contributed by atoms with E-state index in [0.29, 0.717) is 34.5 Å². The predicted molar refractivity (Wildman–Crippen MR) is 122 cm³/mol. The summed E-state index contributed by atoms with van der Waals surface area (Å²) in [5, 5.41) is 24.1. The highest BCUT2D eigenvalue weighted by molar-refractivity contribution is 5.82. The van der Waals surface area contributed by atoms with Gasteiger partial charge in [0, 0.05) is 12.1 Å². The number of nitrogens with zero attached hydrogens (tertiary/aromatic N) is 3. The molecule has 1 heterocycles. The van der Waals surface area contributed by atoms with E-state index in [9.17, 15) is 9.90 Å². The molecule has 8 atom stereocenters. The van der Waals surface area contributed by atoms with Gasteiger partial charge in [0.15, 0.2) is 5.78 Å². The molecule has 0 saturated heterocycles. The van der Waals surface area contributed by atoms with Gasteiger partial charge in [-0.15, -0.1) is 0 Å². The molecule has 0 spiro atoms. The van der Waals surface area contributed by atoms with Gasteiger partial charge in [0.2, 0.25) is 0 Å². The molecular formula is C27H39N3O2. The first kappa shape index (κ1) is 22.1. The molecule has 1 aromatic rings. The molecule has 0 aromatic carbocycles. The van der Waals surface area contributed by atoms with Gasteiger partial charge < -0.3 is 5.11 Å². The number of carbonyl (C=O) groups excluding carboxylic acids is 1. The number of Topliss-reactive ketones (excluding diaryl/α,β-unsaturated/α-hetero) is 1. The van der Waals surface area contributed by atoms with E-state index in [4.69, 9.17) is 5.26 Å². The zero-order valence-electron chi connectivity index (χ0n) is 20.2. The minimum Gasteiger partial charge on any atom is -0.390 e. The van der Waals surface area contributed by atoms with Crippen molar-refractivity contribution in [2.45, 2.75) is 97.6 Å². The van der Waals surface area contributed by atoms with Gasteiger partial charge in [0.25, 0.3) is 0 Å².